The van der Waals surface area contributed by atoms with E-state index >= 15 is 0 Å². The van der Waals surface area contributed by atoms with Gasteiger partial charge in [-0.05, 0) is 31.9 Å². The lowest BCUT2D eigenvalue weighted by Gasteiger charge is -2.22. The molecule has 1 saturated heterocycles. The van der Waals surface area contributed by atoms with Gasteiger partial charge in [0.25, 0.3) is 5.91 Å². The monoisotopic (exact) mass is 415 g/mol. The Balaban J connectivity index is 1.72. The lowest BCUT2D eigenvalue weighted by Crippen LogP contribution is -2.37. The van der Waals surface area contributed by atoms with Gasteiger partial charge in [-0.15, -0.1) is 11.3 Å². The van der Waals surface area contributed by atoms with Gasteiger partial charge in [0, 0.05) is 12.0 Å². The topological polar surface area (TPSA) is 55.3 Å². The van der Waals surface area contributed by atoms with Crippen LogP contribution in [-0.2, 0) is 10.2 Å². The third-order valence-corrected chi connectivity index (χ3v) is 7.43. The summed E-state index contributed by atoms with van der Waals surface area (Å²) in [6.07, 6.45) is 2.08. The predicted molar refractivity (Wildman–Crippen MR) is 116 cm³/mol. The van der Waals surface area contributed by atoms with Crippen molar-refractivity contribution in [1.82, 2.24) is 9.97 Å². The fourth-order valence-electron chi connectivity index (χ4n) is 3.25. The molecule has 1 aliphatic rings. The first-order valence-corrected chi connectivity index (χ1v) is 11.2. The Hall–Kier alpha value is -1.83. The Morgan fingerprint density at radius 3 is 2.68 bits per heavy atom. The summed E-state index contributed by atoms with van der Waals surface area (Å²) in [7, 11) is 0. The van der Waals surface area contributed by atoms with Crippen molar-refractivity contribution < 1.29 is 9.53 Å². The summed E-state index contributed by atoms with van der Waals surface area (Å²) in [4.78, 5) is 25.5. The molecular weight excluding hydrogens is 390 g/mol. The molecule has 0 N–H and O–H groups in total. The van der Waals surface area contributed by atoms with Crippen LogP contribution in [0.4, 0.5) is 5.13 Å². The van der Waals surface area contributed by atoms with E-state index in [0.29, 0.717) is 11.4 Å². The van der Waals surface area contributed by atoms with Crippen LogP contribution in [0.2, 0.25) is 0 Å². The molecule has 1 aromatic carbocycles. The highest BCUT2D eigenvalue weighted by Gasteiger charge is 2.31. The van der Waals surface area contributed by atoms with E-state index in [1.165, 1.54) is 11.3 Å². The van der Waals surface area contributed by atoms with Gasteiger partial charge in [0.2, 0.25) is 0 Å². The molecule has 2 aromatic heterocycles. The molecular formula is C21H25N3O2S2. The average molecular weight is 416 g/mol. The van der Waals surface area contributed by atoms with Gasteiger partial charge in [-0.25, -0.2) is 9.97 Å². The quantitative estimate of drug-likeness (QED) is 0.589. The van der Waals surface area contributed by atoms with Gasteiger partial charge in [0.05, 0.1) is 33.6 Å². The maximum atomic E-state index is 13.6. The van der Waals surface area contributed by atoms with Crippen molar-refractivity contribution in [2.24, 2.45) is 0 Å². The summed E-state index contributed by atoms with van der Waals surface area (Å²) < 4.78 is 6.91. The number of thiazole rings is 2. The summed E-state index contributed by atoms with van der Waals surface area (Å²) in [5.41, 5.74) is 1.63. The van der Waals surface area contributed by atoms with Crippen LogP contribution in [-0.4, -0.2) is 35.1 Å². The molecule has 0 saturated carbocycles. The zero-order chi connectivity index (χ0) is 19.9. The zero-order valence-corrected chi connectivity index (χ0v) is 18.3. The van der Waals surface area contributed by atoms with E-state index < -0.39 is 0 Å². The van der Waals surface area contributed by atoms with Crippen molar-refractivity contribution in [1.29, 1.82) is 0 Å². The highest BCUT2D eigenvalue weighted by molar-refractivity contribution is 7.22. The molecule has 1 atom stereocenters. The van der Waals surface area contributed by atoms with Crippen LogP contribution >= 0.6 is 22.7 Å². The number of nitrogens with zero attached hydrogens (tertiary/aromatic N) is 3. The number of para-hydroxylation sites is 1. The molecule has 1 amide bonds. The number of anilines is 1. The van der Waals surface area contributed by atoms with Gasteiger partial charge in [-0.1, -0.05) is 44.2 Å². The van der Waals surface area contributed by atoms with Crippen molar-refractivity contribution in [2.75, 3.05) is 18.1 Å². The third kappa shape index (κ3) is 3.83. The second kappa shape index (κ2) is 7.54. The Kier molecular flexibility index (Phi) is 5.24. The number of benzene rings is 1. The minimum absolute atomic E-state index is 0.0277. The second-order valence-electron chi connectivity index (χ2n) is 8.20. The lowest BCUT2D eigenvalue weighted by molar-refractivity contribution is 0.0920. The number of hydrogen-bond acceptors (Lipinski definition) is 6. The summed E-state index contributed by atoms with van der Waals surface area (Å²) in [5, 5.41) is 1.71. The molecule has 3 heterocycles. The van der Waals surface area contributed by atoms with Crippen molar-refractivity contribution in [3.8, 4) is 0 Å². The van der Waals surface area contributed by atoms with E-state index in [9.17, 15) is 4.79 Å². The fourth-order valence-corrected chi connectivity index (χ4v) is 5.30. The number of carbonyl (C=O) groups excluding carboxylic acids is 1. The van der Waals surface area contributed by atoms with Crippen LogP contribution in [0, 0.1) is 6.92 Å². The van der Waals surface area contributed by atoms with Crippen LogP contribution in [0.15, 0.2) is 24.3 Å². The van der Waals surface area contributed by atoms with Crippen molar-refractivity contribution >= 4 is 43.9 Å². The molecule has 4 rings (SSSR count). The van der Waals surface area contributed by atoms with Gasteiger partial charge in [0.1, 0.15) is 4.88 Å². The molecule has 0 spiro atoms. The van der Waals surface area contributed by atoms with Crippen LogP contribution in [0.25, 0.3) is 10.2 Å². The molecule has 3 aromatic rings. The minimum atomic E-state index is -0.0801. The maximum absolute atomic E-state index is 13.6. The summed E-state index contributed by atoms with van der Waals surface area (Å²) in [6, 6.07) is 8.00. The van der Waals surface area contributed by atoms with Crippen LogP contribution < -0.4 is 4.90 Å². The minimum Gasteiger partial charge on any atom is -0.376 e. The van der Waals surface area contributed by atoms with E-state index in [2.05, 4.69) is 25.8 Å². The van der Waals surface area contributed by atoms with E-state index in [4.69, 9.17) is 9.72 Å². The number of aryl methyl sites for hydroxylation is 1. The van der Waals surface area contributed by atoms with Gasteiger partial charge in [-0.2, -0.15) is 0 Å². The SMILES string of the molecule is Cc1nc(C(C)(C)C)sc1C(=O)N(CC1CCCO1)c1nc2ccccc2s1. The molecule has 1 unspecified atom stereocenters. The van der Waals surface area contributed by atoms with E-state index in [1.54, 1.807) is 16.2 Å². The Labute approximate surface area is 173 Å². The lowest BCUT2D eigenvalue weighted by atomic mass is 9.98. The second-order valence-corrected chi connectivity index (χ2v) is 10.2. The molecule has 28 heavy (non-hydrogen) atoms. The molecule has 0 radical (unpaired) electrons. The summed E-state index contributed by atoms with van der Waals surface area (Å²) in [5.74, 6) is -0.0277. The van der Waals surface area contributed by atoms with Crippen molar-refractivity contribution in [3.63, 3.8) is 0 Å². The first-order valence-electron chi connectivity index (χ1n) is 9.60. The third-order valence-electron chi connectivity index (χ3n) is 4.80. The standard InChI is InChI=1S/C21H25N3O2S2/c1-13-17(28-19(22-13)21(2,3)4)18(25)24(12-14-8-7-11-26-14)20-23-15-9-5-6-10-16(15)27-20/h5-6,9-10,14H,7-8,11-12H2,1-4H3. The molecule has 1 fully saturated rings. The Bertz CT molecular complexity index is 964. The number of hydrogen-bond donors (Lipinski definition) is 0. The zero-order valence-electron chi connectivity index (χ0n) is 16.7. The smallest absolute Gasteiger partial charge is 0.272 e. The highest BCUT2D eigenvalue weighted by Crippen LogP contribution is 2.34. The van der Waals surface area contributed by atoms with Crippen LogP contribution in [0.1, 0.15) is 54.0 Å². The number of aromatic nitrogens is 2. The molecule has 148 valence electrons. The van der Waals surface area contributed by atoms with E-state index in [0.717, 1.165) is 45.5 Å². The van der Waals surface area contributed by atoms with Gasteiger partial charge in [0.15, 0.2) is 5.13 Å². The predicted octanol–water partition coefficient (Wildman–Crippen LogP) is 5.18. The number of amides is 1. The van der Waals surface area contributed by atoms with Crippen LogP contribution in [0.5, 0.6) is 0 Å². The largest absolute Gasteiger partial charge is 0.376 e. The van der Waals surface area contributed by atoms with Crippen molar-refractivity contribution in [2.45, 2.75) is 52.1 Å². The molecule has 1 aliphatic heterocycles. The number of rotatable bonds is 4. The Morgan fingerprint density at radius 2 is 2.04 bits per heavy atom. The number of ether oxygens (including phenoxy) is 1. The molecule has 0 bridgehead atoms. The molecule has 7 heteroatoms. The summed E-state index contributed by atoms with van der Waals surface area (Å²) >= 11 is 3.05. The number of fused-ring (bicyclic) bond motifs is 1. The normalized spacial score (nSPS) is 17.4. The van der Waals surface area contributed by atoms with Gasteiger partial charge < -0.3 is 4.74 Å². The highest BCUT2D eigenvalue weighted by atomic mass is 32.1. The maximum Gasteiger partial charge on any atom is 0.272 e. The van der Waals surface area contributed by atoms with E-state index in [1.807, 2.05) is 31.2 Å². The average Bonchev–Trinajstić information content (AvgIpc) is 3.37. The summed E-state index contributed by atoms with van der Waals surface area (Å²) in [6.45, 7) is 9.58. The first kappa shape index (κ1) is 19.5. The van der Waals surface area contributed by atoms with Crippen molar-refractivity contribution in [3.05, 3.63) is 39.8 Å². The van der Waals surface area contributed by atoms with Gasteiger partial charge >= 0.3 is 0 Å². The molecule has 5 nitrogen and oxygen atoms in total. The van der Waals surface area contributed by atoms with Gasteiger partial charge in [-0.3, -0.25) is 9.69 Å². The number of carbonyl (C=O) groups is 1. The Morgan fingerprint density at radius 1 is 1.25 bits per heavy atom. The van der Waals surface area contributed by atoms with Crippen LogP contribution in [0.3, 0.4) is 0 Å². The molecule has 0 aliphatic carbocycles. The fraction of sp³-hybridized carbons (Fsp3) is 0.476. The first-order chi connectivity index (χ1) is 13.3. The van der Waals surface area contributed by atoms with E-state index in [-0.39, 0.29) is 17.4 Å².